The van der Waals surface area contributed by atoms with Gasteiger partial charge in [0.05, 0.1) is 0 Å². The lowest BCUT2D eigenvalue weighted by atomic mass is 10.0. The highest BCUT2D eigenvalue weighted by atomic mass is 16.1. The van der Waals surface area contributed by atoms with E-state index in [1.54, 1.807) is 0 Å². The van der Waals surface area contributed by atoms with Gasteiger partial charge in [-0.05, 0) is 40.3 Å². The molecule has 0 aliphatic carbocycles. The molecule has 1 atom stereocenters. The van der Waals surface area contributed by atoms with E-state index in [9.17, 15) is 4.79 Å². The van der Waals surface area contributed by atoms with Crippen LogP contribution in [0.4, 0.5) is 0 Å². The third-order valence-electron chi connectivity index (χ3n) is 3.07. The van der Waals surface area contributed by atoms with Crippen LogP contribution in [0.1, 0.15) is 39.5 Å². The zero-order valence-electron chi connectivity index (χ0n) is 10.8. The highest BCUT2D eigenvalue weighted by molar-refractivity contribution is 5.77. The van der Waals surface area contributed by atoms with Crippen molar-refractivity contribution in [3.63, 3.8) is 0 Å². The average molecular weight is 227 g/mol. The Morgan fingerprint density at radius 3 is 2.75 bits per heavy atom. The molecule has 1 unspecified atom stereocenters. The molecular formula is C12H25N3O. The summed E-state index contributed by atoms with van der Waals surface area (Å²) in [7, 11) is 2.13. The highest BCUT2D eigenvalue weighted by Gasteiger charge is 2.21. The normalized spacial score (nSPS) is 23.1. The third kappa shape index (κ3) is 4.94. The Morgan fingerprint density at radius 1 is 1.50 bits per heavy atom. The summed E-state index contributed by atoms with van der Waals surface area (Å²) in [6, 6.07) is 0.499. The number of likely N-dealkylation sites (N-methyl/N-ethyl adjacent to an activating group) is 1. The fourth-order valence-electron chi connectivity index (χ4n) is 2.11. The summed E-state index contributed by atoms with van der Waals surface area (Å²) in [6.07, 6.45) is 4.12. The number of hydrogen-bond donors (Lipinski definition) is 2. The van der Waals surface area contributed by atoms with Crippen molar-refractivity contribution in [3.05, 3.63) is 0 Å². The Labute approximate surface area is 98.6 Å². The van der Waals surface area contributed by atoms with E-state index in [4.69, 9.17) is 5.73 Å². The molecule has 1 rings (SSSR count). The molecule has 4 heteroatoms. The van der Waals surface area contributed by atoms with Crippen LogP contribution in [-0.4, -0.2) is 42.5 Å². The summed E-state index contributed by atoms with van der Waals surface area (Å²) in [5, 5.41) is 2.98. The molecule has 0 bridgehead atoms. The molecule has 1 fully saturated rings. The molecule has 1 heterocycles. The van der Waals surface area contributed by atoms with Crippen LogP contribution in [0.2, 0.25) is 0 Å². The molecule has 1 aliphatic rings. The van der Waals surface area contributed by atoms with Crippen molar-refractivity contribution in [2.75, 3.05) is 20.1 Å². The Hall–Kier alpha value is -0.610. The maximum atomic E-state index is 11.6. The Balaban J connectivity index is 2.25. The van der Waals surface area contributed by atoms with Crippen molar-refractivity contribution in [2.45, 2.75) is 51.1 Å². The lowest BCUT2D eigenvalue weighted by molar-refractivity contribution is -0.122. The minimum atomic E-state index is -0.414. The van der Waals surface area contributed by atoms with Gasteiger partial charge in [0, 0.05) is 24.5 Å². The Bertz CT molecular complexity index is 235. The Kier molecular flexibility index (Phi) is 4.74. The number of likely N-dealkylation sites (tertiary alicyclic amines) is 1. The van der Waals surface area contributed by atoms with Crippen LogP contribution in [0.15, 0.2) is 0 Å². The van der Waals surface area contributed by atoms with Gasteiger partial charge in [0.2, 0.25) is 5.91 Å². The molecule has 3 N–H and O–H groups in total. The van der Waals surface area contributed by atoms with Gasteiger partial charge in [0.15, 0.2) is 0 Å². The van der Waals surface area contributed by atoms with E-state index in [2.05, 4.69) is 17.3 Å². The molecule has 16 heavy (non-hydrogen) atoms. The number of carbonyl (C=O) groups excluding carboxylic acids is 1. The summed E-state index contributed by atoms with van der Waals surface area (Å²) in [5.74, 6) is 0.0615. The number of nitrogens with two attached hydrogens (primary N) is 1. The van der Waals surface area contributed by atoms with Crippen LogP contribution in [-0.2, 0) is 4.79 Å². The van der Waals surface area contributed by atoms with Crippen molar-refractivity contribution in [1.82, 2.24) is 10.2 Å². The zero-order valence-corrected chi connectivity index (χ0v) is 10.8. The van der Waals surface area contributed by atoms with Crippen LogP contribution < -0.4 is 11.1 Å². The van der Waals surface area contributed by atoms with Gasteiger partial charge in [-0.25, -0.2) is 0 Å². The largest absolute Gasteiger partial charge is 0.354 e. The first-order valence-corrected chi connectivity index (χ1v) is 6.14. The second kappa shape index (κ2) is 5.64. The summed E-state index contributed by atoms with van der Waals surface area (Å²) in [5.41, 5.74) is 5.39. The molecule has 0 aromatic rings. The fraction of sp³-hybridized carbons (Fsp3) is 0.917. The zero-order chi connectivity index (χ0) is 12.2. The number of rotatable bonds is 4. The summed E-state index contributed by atoms with van der Waals surface area (Å²) < 4.78 is 0. The predicted molar refractivity (Wildman–Crippen MR) is 66.2 cm³/mol. The first kappa shape index (κ1) is 13.5. The number of nitrogens with zero attached hydrogens (tertiary/aromatic N) is 1. The van der Waals surface area contributed by atoms with Crippen LogP contribution in [0.25, 0.3) is 0 Å². The van der Waals surface area contributed by atoms with Gasteiger partial charge in [0.25, 0.3) is 0 Å². The number of nitrogens with one attached hydrogen (secondary N) is 1. The topological polar surface area (TPSA) is 58.4 Å². The highest BCUT2D eigenvalue weighted by Crippen LogP contribution is 2.14. The third-order valence-corrected chi connectivity index (χ3v) is 3.07. The Morgan fingerprint density at radius 2 is 2.19 bits per heavy atom. The minimum Gasteiger partial charge on any atom is -0.354 e. The van der Waals surface area contributed by atoms with E-state index in [1.807, 2.05) is 13.8 Å². The predicted octanol–water partition coefficient (Wildman–Crippen LogP) is 0.714. The van der Waals surface area contributed by atoms with Crippen molar-refractivity contribution >= 4 is 5.91 Å². The smallest absolute Gasteiger partial charge is 0.221 e. The van der Waals surface area contributed by atoms with Gasteiger partial charge in [-0.3, -0.25) is 4.79 Å². The molecule has 4 nitrogen and oxygen atoms in total. The SMILES string of the molecule is CN1CCCCC1CNC(=O)CC(C)(C)N. The van der Waals surface area contributed by atoms with E-state index < -0.39 is 5.54 Å². The summed E-state index contributed by atoms with van der Waals surface area (Å²) in [4.78, 5) is 13.9. The van der Waals surface area contributed by atoms with Crippen molar-refractivity contribution in [1.29, 1.82) is 0 Å². The maximum absolute atomic E-state index is 11.6. The van der Waals surface area contributed by atoms with Crippen LogP contribution >= 0.6 is 0 Å². The number of hydrogen-bond acceptors (Lipinski definition) is 3. The standard InChI is InChI=1S/C12H25N3O/c1-12(2,13)8-11(16)14-9-10-6-4-5-7-15(10)3/h10H,4-9,13H2,1-3H3,(H,14,16). The first-order valence-electron chi connectivity index (χ1n) is 6.14. The molecule has 0 radical (unpaired) electrons. The molecular weight excluding hydrogens is 202 g/mol. The van der Waals surface area contributed by atoms with Crippen LogP contribution in [0, 0.1) is 0 Å². The maximum Gasteiger partial charge on any atom is 0.221 e. The van der Waals surface area contributed by atoms with Crippen LogP contribution in [0.5, 0.6) is 0 Å². The van der Waals surface area contributed by atoms with Gasteiger partial charge >= 0.3 is 0 Å². The van der Waals surface area contributed by atoms with Gasteiger partial charge in [-0.1, -0.05) is 6.42 Å². The number of carbonyl (C=O) groups is 1. The number of piperidine rings is 1. The average Bonchev–Trinajstić information content (AvgIpc) is 2.14. The van der Waals surface area contributed by atoms with E-state index in [-0.39, 0.29) is 5.91 Å². The van der Waals surface area contributed by atoms with E-state index >= 15 is 0 Å². The fourth-order valence-corrected chi connectivity index (χ4v) is 2.11. The molecule has 0 aromatic heterocycles. The molecule has 0 spiro atoms. The summed E-state index contributed by atoms with van der Waals surface area (Å²) in [6.45, 7) is 5.65. The van der Waals surface area contributed by atoms with Gasteiger partial charge in [-0.15, -0.1) is 0 Å². The van der Waals surface area contributed by atoms with E-state index in [1.165, 1.54) is 19.3 Å². The first-order chi connectivity index (χ1) is 7.38. The molecule has 1 aliphatic heterocycles. The van der Waals surface area contributed by atoms with E-state index in [0.717, 1.165) is 13.1 Å². The van der Waals surface area contributed by atoms with Crippen molar-refractivity contribution in [2.24, 2.45) is 5.73 Å². The summed E-state index contributed by atoms with van der Waals surface area (Å²) >= 11 is 0. The second-order valence-electron chi connectivity index (χ2n) is 5.60. The van der Waals surface area contributed by atoms with Gasteiger partial charge < -0.3 is 16.0 Å². The van der Waals surface area contributed by atoms with Crippen molar-refractivity contribution < 1.29 is 4.79 Å². The van der Waals surface area contributed by atoms with Crippen molar-refractivity contribution in [3.8, 4) is 0 Å². The quantitative estimate of drug-likeness (QED) is 0.744. The van der Waals surface area contributed by atoms with E-state index in [0.29, 0.717) is 12.5 Å². The molecule has 1 amide bonds. The minimum absolute atomic E-state index is 0.0615. The molecule has 94 valence electrons. The van der Waals surface area contributed by atoms with Gasteiger partial charge in [0.1, 0.15) is 0 Å². The second-order valence-corrected chi connectivity index (χ2v) is 5.60. The molecule has 0 aromatic carbocycles. The lowest BCUT2D eigenvalue weighted by Crippen LogP contribution is -2.46. The molecule has 1 saturated heterocycles. The van der Waals surface area contributed by atoms with Crippen LogP contribution in [0.3, 0.4) is 0 Å². The number of amides is 1. The van der Waals surface area contributed by atoms with Gasteiger partial charge in [-0.2, -0.15) is 0 Å². The lowest BCUT2D eigenvalue weighted by Gasteiger charge is -2.32. The monoisotopic (exact) mass is 227 g/mol. The molecule has 0 saturated carbocycles.